The van der Waals surface area contributed by atoms with Gasteiger partial charge >= 0.3 is 0 Å². The second-order valence-electron chi connectivity index (χ2n) is 3.67. The van der Waals surface area contributed by atoms with E-state index in [0.717, 1.165) is 0 Å². The molecule has 19 heavy (non-hydrogen) atoms. The summed E-state index contributed by atoms with van der Waals surface area (Å²) in [6.45, 7) is 0. The Morgan fingerprint density at radius 2 is 2.16 bits per heavy atom. The van der Waals surface area contributed by atoms with Crippen molar-refractivity contribution in [1.29, 1.82) is 0 Å². The second-order valence-corrected chi connectivity index (χ2v) is 5.37. The molecule has 7 heteroatoms. The lowest BCUT2D eigenvalue weighted by molar-refractivity contribution is 0.627. The Morgan fingerprint density at radius 3 is 2.68 bits per heavy atom. The van der Waals surface area contributed by atoms with Gasteiger partial charge in [0.25, 0.3) is 0 Å². The number of pyridine rings is 1. The summed E-state index contributed by atoms with van der Waals surface area (Å²) < 4.78 is 13.6. The highest BCUT2D eigenvalue weighted by atomic mass is 79.9. The fraction of sp³-hybridized carbons (Fsp3) is 0. The minimum Gasteiger partial charge on any atom is -0.388 e. The summed E-state index contributed by atoms with van der Waals surface area (Å²) in [6.07, 6.45) is 1.57. The number of aromatic nitrogens is 1. The van der Waals surface area contributed by atoms with Crippen LogP contribution in [-0.2, 0) is 0 Å². The number of rotatable bonds is 3. The van der Waals surface area contributed by atoms with Crippen molar-refractivity contribution in [2.75, 3.05) is 5.32 Å². The molecule has 0 aliphatic heterocycles. The molecule has 3 N–H and O–H groups in total. The molecule has 0 saturated heterocycles. The molecule has 0 radical (unpaired) electrons. The number of halogens is 3. The molecule has 2 rings (SSSR count). The molecule has 98 valence electrons. The quantitative estimate of drug-likeness (QED) is 0.812. The Morgan fingerprint density at radius 1 is 1.42 bits per heavy atom. The van der Waals surface area contributed by atoms with E-state index in [1.54, 1.807) is 18.3 Å². The largest absolute Gasteiger partial charge is 0.388 e. The van der Waals surface area contributed by atoms with Crippen LogP contribution >= 0.6 is 39.7 Å². The summed E-state index contributed by atoms with van der Waals surface area (Å²) in [5.41, 5.74) is 7.24. The molecule has 1 aromatic heterocycles. The van der Waals surface area contributed by atoms with Gasteiger partial charge < -0.3 is 11.1 Å². The van der Waals surface area contributed by atoms with E-state index in [9.17, 15) is 4.39 Å². The van der Waals surface area contributed by atoms with E-state index in [4.69, 9.17) is 29.6 Å². The predicted molar refractivity (Wildman–Crippen MR) is 82.5 cm³/mol. The number of anilines is 2. The molecule has 0 atom stereocenters. The van der Waals surface area contributed by atoms with E-state index < -0.39 is 5.82 Å². The van der Waals surface area contributed by atoms with Crippen LogP contribution in [0, 0.1) is 5.82 Å². The van der Waals surface area contributed by atoms with Crippen molar-refractivity contribution >= 4 is 56.1 Å². The zero-order valence-corrected chi connectivity index (χ0v) is 12.6. The van der Waals surface area contributed by atoms with Gasteiger partial charge in [-0.2, -0.15) is 0 Å². The molecular formula is C12H8BrClFN3S. The molecule has 1 heterocycles. The first-order chi connectivity index (χ1) is 8.97. The zero-order chi connectivity index (χ0) is 14.0. The van der Waals surface area contributed by atoms with E-state index in [0.29, 0.717) is 21.5 Å². The highest BCUT2D eigenvalue weighted by Gasteiger charge is 2.08. The fourth-order valence-corrected chi connectivity index (χ4v) is 2.44. The molecular weight excluding hydrogens is 353 g/mol. The monoisotopic (exact) mass is 359 g/mol. The van der Waals surface area contributed by atoms with Crippen LogP contribution in [0.25, 0.3) is 0 Å². The van der Waals surface area contributed by atoms with Gasteiger partial charge in [-0.05, 0) is 40.2 Å². The Balaban J connectivity index is 2.29. The molecule has 0 fully saturated rings. The van der Waals surface area contributed by atoms with Gasteiger partial charge in [-0.1, -0.05) is 23.8 Å². The summed E-state index contributed by atoms with van der Waals surface area (Å²) in [4.78, 5) is 4.32. The van der Waals surface area contributed by atoms with Gasteiger partial charge in [0.15, 0.2) is 0 Å². The molecule has 2 aromatic rings. The smallest absolute Gasteiger partial charge is 0.125 e. The van der Waals surface area contributed by atoms with Crippen molar-refractivity contribution in [3.05, 3.63) is 51.5 Å². The van der Waals surface area contributed by atoms with Gasteiger partial charge in [0.05, 0.1) is 28.3 Å². The van der Waals surface area contributed by atoms with Gasteiger partial charge in [-0.25, -0.2) is 4.39 Å². The van der Waals surface area contributed by atoms with Crippen molar-refractivity contribution < 1.29 is 4.39 Å². The van der Waals surface area contributed by atoms with Gasteiger partial charge in [0.1, 0.15) is 10.8 Å². The van der Waals surface area contributed by atoms with Crippen molar-refractivity contribution in [3.8, 4) is 0 Å². The normalized spacial score (nSPS) is 10.3. The van der Waals surface area contributed by atoms with Crippen LogP contribution in [-0.4, -0.2) is 9.97 Å². The maximum Gasteiger partial charge on any atom is 0.125 e. The summed E-state index contributed by atoms with van der Waals surface area (Å²) in [6, 6.07) is 6.00. The first-order valence-electron chi connectivity index (χ1n) is 5.15. The number of benzene rings is 1. The van der Waals surface area contributed by atoms with Crippen LogP contribution in [0.5, 0.6) is 0 Å². The molecule has 1 aromatic carbocycles. The van der Waals surface area contributed by atoms with E-state index >= 15 is 0 Å². The van der Waals surface area contributed by atoms with Crippen molar-refractivity contribution in [1.82, 2.24) is 4.98 Å². The molecule has 3 nitrogen and oxygen atoms in total. The summed E-state index contributed by atoms with van der Waals surface area (Å²) in [5.74, 6) is -0.413. The highest BCUT2D eigenvalue weighted by Crippen LogP contribution is 2.33. The second kappa shape index (κ2) is 5.81. The zero-order valence-electron chi connectivity index (χ0n) is 9.45. The first-order valence-corrected chi connectivity index (χ1v) is 6.72. The van der Waals surface area contributed by atoms with Gasteiger partial charge in [0, 0.05) is 4.47 Å². The Bertz CT molecular complexity index is 610. The summed E-state index contributed by atoms with van der Waals surface area (Å²) >= 11 is 14.0. The predicted octanol–water partition coefficient (Wildman–Crippen LogP) is 4.01. The molecule has 0 saturated carbocycles. The molecule has 0 amide bonds. The third-order valence-electron chi connectivity index (χ3n) is 2.29. The van der Waals surface area contributed by atoms with Crippen LogP contribution in [0.1, 0.15) is 5.69 Å². The number of hydrogen-bond donors (Lipinski definition) is 2. The SMILES string of the molecule is NC(=S)c1ccc(Nc2c(Cl)cc(F)cc2Br)cn1. The number of nitrogens with one attached hydrogen (secondary N) is 1. The Labute approximate surface area is 128 Å². The summed E-state index contributed by atoms with van der Waals surface area (Å²) in [5, 5.41) is 3.31. The van der Waals surface area contributed by atoms with E-state index in [-0.39, 0.29) is 10.0 Å². The van der Waals surface area contributed by atoms with Crippen molar-refractivity contribution in [2.45, 2.75) is 0 Å². The minimum absolute atomic E-state index is 0.229. The van der Waals surface area contributed by atoms with Crippen LogP contribution in [0.15, 0.2) is 34.9 Å². The van der Waals surface area contributed by atoms with Gasteiger partial charge in [-0.15, -0.1) is 0 Å². The molecule has 0 aliphatic carbocycles. The van der Waals surface area contributed by atoms with Crippen LogP contribution in [0.2, 0.25) is 5.02 Å². The molecule has 0 aliphatic rings. The fourth-order valence-electron chi connectivity index (χ4n) is 1.42. The third-order valence-corrected chi connectivity index (χ3v) is 3.42. The van der Waals surface area contributed by atoms with Crippen LogP contribution < -0.4 is 11.1 Å². The lowest BCUT2D eigenvalue weighted by Crippen LogP contribution is -2.11. The summed E-state index contributed by atoms with van der Waals surface area (Å²) in [7, 11) is 0. The van der Waals surface area contributed by atoms with E-state index in [1.165, 1.54) is 12.1 Å². The standard InChI is InChI=1S/C12H8BrClFN3S/c13-8-3-6(15)4-9(14)11(8)18-7-1-2-10(12(16)19)17-5-7/h1-5,18H,(H2,16,19). The van der Waals surface area contributed by atoms with Gasteiger partial charge in [0.2, 0.25) is 0 Å². The number of hydrogen-bond acceptors (Lipinski definition) is 3. The van der Waals surface area contributed by atoms with Crippen LogP contribution in [0.4, 0.5) is 15.8 Å². The number of nitrogens with two attached hydrogens (primary N) is 1. The first kappa shape index (κ1) is 14.2. The molecule has 0 unspecified atom stereocenters. The number of thiocarbonyl (C=S) groups is 1. The topological polar surface area (TPSA) is 50.9 Å². The van der Waals surface area contributed by atoms with Gasteiger partial charge in [-0.3, -0.25) is 4.98 Å². The lowest BCUT2D eigenvalue weighted by atomic mass is 10.3. The molecule has 0 bridgehead atoms. The molecule has 0 spiro atoms. The average molecular weight is 361 g/mol. The Kier molecular flexibility index (Phi) is 4.34. The number of nitrogens with zero attached hydrogens (tertiary/aromatic N) is 1. The van der Waals surface area contributed by atoms with Crippen LogP contribution in [0.3, 0.4) is 0 Å². The Hall–Kier alpha value is -1.24. The van der Waals surface area contributed by atoms with Crippen molar-refractivity contribution in [3.63, 3.8) is 0 Å². The highest BCUT2D eigenvalue weighted by molar-refractivity contribution is 9.10. The minimum atomic E-state index is -0.413. The lowest BCUT2D eigenvalue weighted by Gasteiger charge is -2.11. The average Bonchev–Trinajstić information content (AvgIpc) is 2.34. The van der Waals surface area contributed by atoms with Crippen molar-refractivity contribution in [2.24, 2.45) is 5.73 Å². The van der Waals surface area contributed by atoms with E-state index in [1.807, 2.05) is 0 Å². The maximum absolute atomic E-state index is 13.1. The third kappa shape index (κ3) is 3.40. The maximum atomic E-state index is 13.1. The van der Waals surface area contributed by atoms with E-state index in [2.05, 4.69) is 26.2 Å².